The number of para-hydroxylation sites is 1. The van der Waals surface area contributed by atoms with Crippen molar-refractivity contribution in [2.24, 2.45) is 0 Å². The Kier molecular flexibility index (Phi) is 6.18. The quantitative estimate of drug-likeness (QED) is 0.398. The Bertz CT molecular complexity index is 1300. The second kappa shape index (κ2) is 9.41. The number of Topliss-reactive ketones (excluding diaryl/α,β-unsaturated/α-hetero) is 1. The summed E-state index contributed by atoms with van der Waals surface area (Å²) in [7, 11) is 0. The number of fused-ring (bicyclic) bond motifs is 2. The largest absolute Gasteiger partial charge is 0.493 e. The van der Waals surface area contributed by atoms with Crippen LogP contribution >= 0.6 is 11.6 Å². The Morgan fingerprint density at radius 2 is 1.91 bits per heavy atom. The molecule has 0 atom stereocenters. The number of halogens is 1. The van der Waals surface area contributed by atoms with Crippen molar-refractivity contribution in [3.8, 4) is 23.0 Å². The molecule has 3 aromatic carbocycles. The van der Waals surface area contributed by atoms with E-state index < -0.39 is 0 Å². The van der Waals surface area contributed by atoms with Crippen molar-refractivity contribution < 1.29 is 28.5 Å². The van der Waals surface area contributed by atoms with Crippen LogP contribution in [0.3, 0.4) is 0 Å². The van der Waals surface area contributed by atoms with Gasteiger partial charge in [0, 0.05) is 27.3 Å². The molecule has 2 aliphatic heterocycles. The van der Waals surface area contributed by atoms with Crippen LogP contribution in [0.15, 0.2) is 54.3 Å². The van der Waals surface area contributed by atoms with Gasteiger partial charge in [-0.3, -0.25) is 4.79 Å². The van der Waals surface area contributed by atoms with Crippen molar-refractivity contribution in [1.29, 1.82) is 0 Å². The van der Waals surface area contributed by atoms with Crippen molar-refractivity contribution in [2.75, 3.05) is 13.4 Å². The van der Waals surface area contributed by atoms with Gasteiger partial charge in [-0.15, -0.1) is 0 Å². The van der Waals surface area contributed by atoms with Crippen LogP contribution in [0.4, 0.5) is 0 Å². The minimum absolute atomic E-state index is 0.173. The molecular formula is C27H23ClO6. The Morgan fingerprint density at radius 1 is 1.06 bits per heavy atom. The van der Waals surface area contributed by atoms with E-state index in [4.69, 9.17) is 35.3 Å². The Hall–Kier alpha value is -3.48. The lowest BCUT2D eigenvalue weighted by atomic mass is 10.1. The van der Waals surface area contributed by atoms with Crippen molar-refractivity contribution in [3.05, 3.63) is 87.1 Å². The summed E-state index contributed by atoms with van der Waals surface area (Å²) in [4.78, 5) is 13.0. The molecule has 0 fully saturated rings. The number of allylic oxidation sites excluding steroid dienone is 1. The fraction of sp³-hybridized carbons (Fsp3) is 0.222. The van der Waals surface area contributed by atoms with Crippen LogP contribution in [0, 0.1) is 6.92 Å². The zero-order valence-electron chi connectivity index (χ0n) is 18.9. The van der Waals surface area contributed by atoms with Crippen LogP contribution in [-0.2, 0) is 18.0 Å². The van der Waals surface area contributed by atoms with Gasteiger partial charge in [-0.25, -0.2) is 0 Å². The number of ketones is 1. The molecule has 0 bridgehead atoms. The average molecular weight is 479 g/mol. The number of rotatable bonds is 6. The van der Waals surface area contributed by atoms with Gasteiger partial charge in [0.05, 0.1) is 18.8 Å². The molecule has 5 rings (SSSR count). The molecule has 0 aliphatic carbocycles. The van der Waals surface area contributed by atoms with Crippen molar-refractivity contribution in [3.63, 3.8) is 0 Å². The van der Waals surface area contributed by atoms with Crippen LogP contribution in [0.2, 0.25) is 5.02 Å². The molecule has 3 aromatic rings. The van der Waals surface area contributed by atoms with Gasteiger partial charge in [-0.05, 0) is 50.3 Å². The highest BCUT2D eigenvalue weighted by Crippen LogP contribution is 2.40. The van der Waals surface area contributed by atoms with E-state index in [2.05, 4.69) is 0 Å². The van der Waals surface area contributed by atoms with E-state index in [1.165, 1.54) is 0 Å². The fourth-order valence-electron chi connectivity index (χ4n) is 4.07. The lowest BCUT2D eigenvalue weighted by Gasteiger charge is -2.21. The van der Waals surface area contributed by atoms with Crippen LogP contribution in [0.5, 0.6) is 23.0 Å². The predicted molar refractivity (Wildman–Crippen MR) is 128 cm³/mol. The second-order valence-electron chi connectivity index (χ2n) is 7.93. The minimum Gasteiger partial charge on any atom is -0.493 e. The van der Waals surface area contributed by atoms with Gasteiger partial charge in [0.1, 0.15) is 29.6 Å². The molecule has 2 aliphatic rings. The monoisotopic (exact) mass is 478 g/mol. The van der Waals surface area contributed by atoms with Gasteiger partial charge in [0.25, 0.3) is 0 Å². The molecule has 0 amide bonds. The maximum atomic E-state index is 13.0. The predicted octanol–water partition coefficient (Wildman–Crippen LogP) is 6.11. The molecule has 34 heavy (non-hydrogen) atoms. The molecule has 174 valence electrons. The smallest absolute Gasteiger partial charge is 0.231 e. The van der Waals surface area contributed by atoms with Crippen LogP contribution in [0.1, 0.15) is 39.5 Å². The van der Waals surface area contributed by atoms with E-state index in [0.717, 1.165) is 28.0 Å². The SMILES string of the molecule is CCOc1ccccc1/C=C1\Oc2c(ccc(OCc3cc(Cl)cc4c3OCOC4)c2C)C1=O. The third kappa shape index (κ3) is 4.22. The molecule has 0 radical (unpaired) electrons. The number of carbonyl (C=O) groups excluding carboxylic acids is 1. The first-order valence-corrected chi connectivity index (χ1v) is 11.4. The molecule has 0 N–H and O–H groups in total. The van der Waals surface area contributed by atoms with Gasteiger partial charge in [-0.1, -0.05) is 29.8 Å². The lowest BCUT2D eigenvalue weighted by molar-refractivity contribution is -0.0175. The number of carbonyl (C=O) groups is 1. The molecule has 0 unspecified atom stereocenters. The van der Waals surface area contributed by atoms with Gasteiger partial charge in [0.15, 0.2) is 12.6 Å². The van der Waals surface area contributed by atoms with Crippen LogP contribution in [0.25, 0.3) is 6.08 Å². The van der Waals surface area contributed by atoms with Crippen molar-refractivity contribution in [2.45, 2.75) is 27.1 Å². The summed E-state index contributed by atoms with van der Waals surface area (Å²) in [6.07, 6.45) is 1.71. The minimum atomic E-state index is -0.173. The maximum absolute atomic E-state index is 13.0. The van der Waals surface area contributed by atoms with E-state index in [1.807, 2.05) is 50.2 Å². The second-order valence-corrected chi connectivity index (χ2v) is 8.36. The van der Waals surface area contributed by atoms with Crippen molar-refractivity contribution in [1.82, 2.24) is 0 Å². The zero-order chi connectivity index (χ0) is 23.7. The average Bonchev–Trinajstić information content (AvgIpc) is 3.16. The summed E-state index contributed by atoms with van der Waals surface area (Å²) in [5.74, 6) is 2.62. The molecule has 0 aromatic heterocycles. The number of ether oxygens (including phenoxy) is 5. The molecule has 7 heteroatoms. The normalized spacial score (nSPS) is 15.4. The first-order chi connectivity index (χ1) is 16.5. The Morgan fingerprint density at radius 3 is 2.76 bits per heavy atom. The fourth-order valence-corrected chi connectivity index (χ4v) is 4.34. The van der Waals surface area contributed by atoms with Crippen LogP contribution < -0.4 is 18.9 Å². The molecule has 0 saturated heterocycles. The zero-order valence-corrected chi connectivity index (χ0v) is 19.6. The highest BCUT2D eigenvalue weighted by atomic mass is 35.5. The molecule has 0 spiro atoms. The van der Waals surface area contributed by atoms with Gasteiger partial charge in [0.2, 0.25) is 5.78 Å². The standard InChI is InChI=1S/C27H23ClO6/c1-3-31-23-7-5-4-6-17(23)12-24-25(29)21-8-9-22(16(2)26(21)34-24)32-14-19-11-20(28)10-18-13-30-15-33-27(18)19/h4-12H,3,13-15H2,1-2H3/b24-12-. The van der Waals surface area contributed by atoms with Gasteiger partial charge >= 0.3 is 0 Å². The van der Waals surface area contributed by atoms with E-state index in [0.29, 0.717) is 41.0 Å². The summed E-state index contributed by atoms with van der Waals surface area (Å²) in [6, 6.07) is 14.7. The molecular weight excluding hydrogens is 456 g/mol. The van der Waals surface area contributed by atoms with E-state index in [1.54, 1.807) is 18.2 Å². The first kappa shape index (κ1) is 22.3. The third-order valence-electron chi connectivity index (χ3n) is 5.68. The van der Waals surface area contributed by atoms with E-state index in [-0.39, 0.29) is 24.9 Å². The molecule has 2 heterocycles. The van der Waals surface area contributed by atoms with Crippen LogP contribution in [-0.4, -0.2) is 19.2 Å². The summed E-state index contributed by atoms with van der Waals surface area (Å²) in [6.45, 7) is 5.20. The summed E-state index contributed by atoms with van der Waals surface area (Å²) >= 11 is 6.26. The highest BCUT2D eigenvalue weighted by molar-refractivity contribution is 6.30. The van der Waals surface area contributed by atoms with E-state index in [9.17, 15) is 4.79 Å². The van der Waals surface area contributed by atoms with Gasteiger partial charge in [-0.2, -0.15) is 0 Å². The summed E-state index contributed by atoms with van der Waals surface area (Å²) in [5.41, 5.74) is 3.75. The topological polar surface area (TPSA) is 63.2 Å². The number of hydrogen-bond acceptors (Lipinski definition) is 6. The summed E-state index contributed by atoms with van der Waals surface area (Å²) in [5, 5.41) is 0.591. The first-order valence-electron chi connectivity index (χ1n) is 11.0. The summed E-state index contributed by atoms with van der Waals surface area (Å²) < 4.78 is 28.8. The highest BCUT2D eigenvalue weighted by Gasteiger charge is 2.30. The number of benzene rings is 3. The van der Waals surface area contributed by atoms with E-state index >= 15 is 0 Å². The Balaban J connectivity index is 1.39. The Labute approximate surface area is 202 Å². The molecule has 0 saturated carbocycles. The van der Waals surface area contributed by atoms with Crippen molar-refractivity contribution >= 4 is 23.5 Å². The maximum Gasteiger partial charge on any atom is 0.231 e. The third-order valence-corrected chi connectivity index (χ3v) is 5.90. The lowest BCUT2D eigenvalue weighted by Crippen LogP contribution is -2.14. The van der Waals surface area contributed by atoms with Gasteiger partial charge < -0.3 is 23.7 Å². The molecule has 6 nitrogen and oxygen atoms in total. The number of hydrogen-bond donors (Lipinski definition) is 0.